The maximum atomic E-state index is 13.3. The van der Waals surface area contributed by atoms with Gasteiger partial charge in [0.1, 0.15) is 23.4 Å². The van der Waals surface area contributed by atoms with Crippen molar-refractivity contribution in [3.05, 3.63) is 46.0 Å². The van der Waals surface area contributed by atoms with Crippen LogP contribution in [-0.4, -0.2) is 94.1 Å². The lowest BCUT2D eigenvalue weighted by molar-refractivity contribution is -0.385. The molecule has 44 heavy (non-hydrogen) atoms. The average Bonchev–Trinajstić information content (AvgIpc) is 3.57. The largest absolute Gasteiger partial charge is 0.343 e. The van der Waals surface area contributed by atoms with Gasteiger partial charge in [-0.3, -0.25) is 53.8 Å². The maximum absolute atomic E-state index is 13.3. The van der Waals surface area contributed by atoms with Gasteiger partial charge in [0.15, 0.2) is 0 Å². The first-order valence-corrected chi connectivity index (χ1v) is 15.0. The molecule has 3 rings (SSSR count). The number of carbonyl (C=O) groups excluding carboxylic acids is 6. The lowest BCUT2D eigenvalue weighted by Gasteiger charge is -2.28. The first-order chi connectivity index (χ1) is 20.7. The lowest BCUT2D eigenvalue weighted by atomic mass is 10.1. The summed E-state index contributed by atoms with van der Waals surface area (Å²) in [5.41, 5.74) is 0.717. The summed E-state index contributed by atoms with van der Waals surface area (Å²) >= 11 is 0. The van der Waals surface area contributed by atoms with Crippen LogP contribution in [0.15, 0.2) is 30.4 Å². The highest BCUT2D eigenvalue weighted by Crippen LogP contribution is 2.25. The van der Waals surface area contributed by atoms with Gasteiger partial charge in [0.25, 0.3) is 33.5 Å². The minimum Gasteiger partial charge on any atom is -0.343 e. The standard InChI is InChI=1S/C25H31N7O11S/c26-29-23(36)16-8-7-15(13-19(16)32(39)40)27-24(37)18-5-4-12-30(18)25(38)17(14-44(41,42)43)28-20(33)6-2-1-3-11-31-21(34)9-10-22(31)35/h7-10,13,17-18H,1-6,11-12,14,26H2,(H,27,37)(H,28,33)(H,29,36)(H,41,42,43)/t17-,18-/m1/s1. The number of nitro benzene ring substituents is 1. The number of hydrogen-bond acceptors (Lipinski definition) is 11. The second-order valence-electron chi connectivity index (χ2n) is 9.98. The molecule has 2 heterocycles. The number of nitro groups is 1. The molecule has 19 heteroatoms. The molecule has 1 aromatic carbocycles. The fourth-order valence-electron chi connectivity index (χ4n) is 4.79. The van der Waals surface area contributed by atoms with Crippen LogP contribution in [0.3, 0.4) is 0 Å². The van der Waals surface area contributed by atoms with Gasteiger partial charge in [-0.05, 0) is 37.8 Å². The zero-order valence-electron chi connectivity index (χ0n) is 23.3. The number of nitrogens with two attached hydrogens (primary N) is 1. The minimum absolute atomic E-state index is 0.0212. The number of amides is 6. The molecule has 18 nitrogen and oxygen atoms in total. The Morgan fingerprint density at radius 2 is 1.80 bits per heavy atom. The summed E-state index contributed by atoms with van der Waals surface area (Å²) in [6.07, 6.45) is 3.81. The molecule has 0 spiro atoms. The number of imide groups is 1. The summed E-state index contributed by atoms with van der Waals surface area (Å²) in [6.45, 7) is 0.183. The first kappa shape index (κ1) is 33.7. The Kier molecular flexibility index (Phi) is 11.2. The maximum Gasteiger partial charge on any atom is 0.284 e. The normalized spacial score (nSPS) is 17.0. The van der Waals surface area contributed by atoms with Gasteiger partial charge in [-0.25, -0.2) is 5.84 Å². The van der Waals surface area contributed by atoms with Crippen molar-refractivity contribution in [2.24, 2.45) is 5.84 Å². The Bertz CT molecular complexity index is 1480. The van der Waals surface area contributed by atoms with E-state index < -0.39 is 74.0 Å². The fourth-order valence-corrected chi connectivity index (χ4v) is 5.44. The van der Waals surface area contributed by atoms with E-state index in [2.05, 4.69) is 10.6 Å². The minimum atomic E-state index is -4.75. The van der Waals surface area contributed by atoms with Crippen LogP contribution in [0, 0.1) is 10.1 Å². The van der Waals surface area contributed by atoms with Gasteiger partial charge in [0.2, 0.25) is 17.7 Å². The molecule has 238 valence electrons. The van der Waals surface area contributed by atoms with E-state index in [0.717, 1.165) is 34.1 Å². The number of nitrogens with zero attached hydrogens (tertiary/aromatic N) is 3. The van der Waals surface area contributed by atoms with Crippen LogP contribution >= 0.6 is 0 Å². The number of hydrogen-bond donors (Lipinski definition) is 5. The van der Waals surface area contributed by atoms with Crippen molar-refractivity contribution >= 4 is 56.9 Å². The van der Waals surface area contributed by atoms with Crippen LogP contribution in [0.25, 0.3) is 0 Å². The summed E-state index contributed by atoms with van der Waals surface area (Å²) in [6, 6.07) is 0.374. The van der Waals surface area contributed by atoms with E-state index in [-0.39, 0.29) is 43.6 Å². The third-order valence-corrected chi connectivity index (χ3v) is 7.63. The molecule has 0 aliphatic carbocycles. The number of rotatable bonds is 14. The third kappa shape index (κ3) is 8.88. The molecular weight excluding hydrogens is 606 g/mol. The van der Waals surface area contributed by atoms with Gasteiger partial charge in [0.05, 0.1) is 4.92 Å². The Balaban J connectivity index is 1.62. The van der Waals surface area contributed by atoms with Crippen molar-refractivity contribution in [2.75, 3.05) is 24.2 Å². The molecule has 0 aromatic heterocycles. The SMILES string of the molecule is NNC(=O)c1ccc(NC(=O)[C@H]2CCCN2C(=O)[C@@H](CS(=O)(=O)O)NC(=O)CCCCCN2C(=O)C=CC2=O)cc1[N+](=O)[O-]. The quantitative estimate of drug-likeness (QED) is 0.0312. The number of benzene rings is 1. The summed E-state index contributed by atoms with van der Waals surface area (Å²) < 4.78 is 32.7. The van der Waals surface area contributed by atoms with Crippen molar-refractivity contribution in [1.29, 1.82) is 0 Å². The number of nitrogen functional groups attached to an aromatic ring is 1. The van der Waals surface area contributed by atoms with Crippen molar-refractivity contribution in [3.8, 4) is 0 Å². The molecule has 6 amide bonds. The number of likely N-dealkylation sites (tertiary alicyclic amines) is 1. The van der Waals surface area contributed by atoms with Crippen LogP contribution < -0.4 is 21.9 Å². The monoisotopic (exact) mass is 637 g/mol. The van der Waals surface area contributed by atoms with E-state index in [1.807, 2.05) is 0 Å². The molecule has 1 aromatic rings. The van der Waals surface area contributed by atoms with Crippen LogP contribution in [-0.2, 0) is 34.1 Å². The molecule has 0 bridgehead atoms. The average molecular weight is 638 g/mol. The smallest absolute Gasteiger partial charge is 0.284 e. The van der Waals surface area contributed by atoms with Gasteiger partial charge in [-0.15, -0.1) is 0 Å². The molecule has 2 aliphatic heterocycles. The number of carbonyl (C=O) groups is 6. The zero-order valence-corrected chi connectivity index (χ0v) is 24.1. The highest BCUT2D eigenvalue weighted by molar-refractivity contribution is 7.85. The second-order valence-corrected chi connectivity index (χ2v) is 11.5. The topological polar surface area (TPSA) is 269 Å². The Hall–Kier alpha value is -4.75. The van der Waals surface area contributed by atoms with Gasteiger partial charge in [0, 0.05) is 43.4 Å². The number of anilines is 1. The van der Waals surface area contributed by atoms with Crippen molar-refractivity contribution in [1.82, 2.24) is 20.5 Å². The summed E-state index contributed by atoms with van der Waals surface area (Å²) in [5.74, 6) is -0.282. The van der Waals surface area contributed by atoms with Crippen molar-refractivity contribution in [3.63, 3.8) is 0 Å². The van der Waals surface area contributed by atoms with Gasteiger partial charge < -0.3 is 15.5 Å². The molecule has 1 fully saturated rings. The van der Waals surface area contributed by atoms with Gasteiger partial charge >= 0.3 is 0 Å². The van der Waals surface area contributed by atoms with Crippen LogP contribution in [0.4, 0.5) is 11.4 Å². The molecule has 0 radical (unpaired) electrons. The summed E-state index contributed by atoms with van der Waals surface area (Å²) in [7, 11) is -4.75. The van der Waals surface area contributed by atoms with Crippen molar-refractivity contribution in [2.45, 2.75) is 50.6 Å². The van der Waals surface area contributed by atoms with Gasteiger partial charge in [-0.1, -0.05) is 6.42 Å². The molecule has 6 N–H and O–H groups in total. The number of nitrogens with one attached hydrogen (secondary N) is 3. The molecule has 0 saturated carbocycles. The Labute approximate surface area is 250 Å². The molecule has 1 saturated heterocycles. The van der Waals surface area contributed by atoms with E-state index in [1.54, 1.807) is 5.43 Å². The van der Waals surface area contributed by atoms with E-state index in [1.165, 1.54) is 6.07 Å². The second kappa shape index (κ2) is 14.6. The molecule has 0 unspecified atom stereocenters. The van der Waals surface area contributed by atoms with E-state index >= 15 is 0 Å². The van der Waals surface area contributed by atoms with Crippen LogP contribution in [0.1, 0.15) is 48.9 Å². The Morgan fingerprint density at radius 3 is 2.41 bits per heavy atom. The number of hydrazine groups is 1. The summed E-state index contributed by atoms with van der Waals surface area (Å²) in [4.78, 5) is 86.6. The molecule has 2 aliphatic rings. The highest BCUT2D eigenvalue weighted by atomic mass is 32.2. The van der Waals surface area contributed by atoms with E-state index in [4.69, 9.17) is 5.84 Å². The Morgan fingerprint density at radius 1 is 1.11 bits per heavy atom. The van der Waals surface area contributed by atoms with E-state index in [9.17, 15) is 51.9 Å². The predicted octanol–water partition coefficient (Wildman–Crippen LogP) is -1.01. The van der Waals surface area contributed by atoms with Crippen LogP contribution in [0.2, 0.25) is 0 Å². The first-order valence-electron chi connectivity index (χ1n) is 13.4. The van der Waals surface area contributed by atoms with Gasteiger partial charge in [-0.2, -0.15) is 8.42 Å². The van der Waals surface area contributed by atoms with Crippen LogP contribution in [0.5, 0.6) is 0 Å². The molecular formula is C25H31N7O11S. The third-order valence-electron chi connectivity index (χ3n) is 6.87. The lowest BCUT2D eigenvalue weighted by Crippen LogP contribution is -2.54. The van der Waals surface area contributed by atoms with Crippen molar-refractivity contribution < 1.29 is 46.7 Å². The predicted molar refractivity (Wildman–Crippen MR) is 151 cm³/mol. The van der Waals surface area contributed by atoms with E-state index in [0.29, 0.717) is 19.3 Å². The highest BCUT2D eigenvalue weighted by Gasteiger charge is 2.39. The zero-order chi connectivity index (χ0) is 32.6. The summed E-state index contributed by atoms with van der Waals surface area (Å²) in [5, 5.41) is 16.1. The molecule has 2 atom stereocenters. The fraction of sp³-hybridized carbons (Fsp3) is 0.440. The number of unbranched alkanes of at least 4 members (excludes halogenated alkanes) is 2.